The van der Waals surface area contributed by atoms with E-state index in [0.29, 0.717) is 12.1 Å². The summed E-state index contributed by atoms with van der Waals surface area (Å²) in [6.07, 6.45) is 5.94. The Hall–Kier alpha value is -1.23. The van der Waals surface area contributed by atoms with Crippen LogP contribution in [0.3, 0.4) is 0 Å². The molecule has 5 heteroatoms. The molecule has 5 nitrogen and oxygen atoms in total. The third-order valence-corrected chi connectivity index (χ3v) is 3.48. The Labute approximate surface area is 108 Å². The lowest BCUT2D eigenvalue weighted by Gasteiger charge is -2.25. The predicted molar refractivity (Wildman–Crippen MR) is 69.4 cm³/mol. The standard InChI is InChI=1S/C13H22N4O/c1-3-11-12(4-2)16-17-13(15-11)18-10-7-5-9(14)6-8-10/h9-10H,3-8,14H2,1-2H3. The van der Waals surface area contributed by atoms with Gasteiger partial charge in [0.1, 0.15) is 6.10 Å². The third-order valence-electron chi connectivity index (χ3n) is 3.48. The highest BCUT2D eigenvalue weighted by Gasteiger charge is 2.21. The van der Waals surface area contributed by atoms with Crippen molar-refractivity contribution < 1.29 is 4.74 Å². The number of hydrogen-bond acceptors (Lipinski definition) is 5. The number of rotatable bonds is 4. The van der Waals surface area contributed by atoms with Crippen molar-refractivity contribution >= 4 is 0 Å². The average molecular weight is 250 g/mol. The Kier molecular flexibility index (Phi) is 4.47. The average Bonchev–Trinajstić information content (AvgIpc) is 2.41. The minimum atomic E-state index is 0.198. The van der Waals surface area contributed by atoms with Crippen molar-refractivity contribution in [3.8, 4) is 6.01 Å². The minimum Gasteiger partial charge on any atom is -0.459 e. The summed E-state index contributed by atoms with van der Waals surface area (Å²) in [6, 6.07) is 0.752. The number of hydrogen-bond donors (Lipinski definition) is 1. The van der Waals surface area contributed by atoms with Crippen molar-refractivity contribution in [1.82, 2.24) is 15.2 Å². The lowest BCUT2D eigenvalue weighted by atomic mass is 9.94. The summed E-state index contributed by atoms with van der Waals surface area (Å²) in [7, 11) is 0. The molecule has 100 valence electrons. The summed E-state index contributed by atoms with van der Waals surface area (Å²) in [5.74, 6) is 0. The SMILES string of the molecule is CCc1nnc(OC2CCC(N)CC2)nc1CC. The van der Waals surface area contributed by atoms with E-state index < -0.39 is 0 Å². The van der Waals surface area contributed by atoms with Gasteiger partial charge < -0.3 is 10.5 Å². The molecule has 1 saturated carbocycles. The zero-order valence-electron chi connectivity index (χ0n) is 11.2. The van der Waals surface area contributed by atoms with Crippen molar-refractivity contribution in [3.05, 3.63) is 11.4 Å². The maximum Gasteiger partial charge on any atom is 0.336 e. The van der Waals surface area contributed by atoms with Gasteiger partial charge in [0.05, 0.1) is 11.4 Å². The van der Waals surface area contributed by atoms with Crippen molar-refractivity contribution in [2.45, 2.75) is 64.5 Å². The second-order valence-corrected chi connectivity index (χ2v) is 4.85. The molecular formula is C13H22N4O. The molecule has 1 aromatic rings. The van der Waals surface area contributed by atoms with Gasteiger partial charge in [0.15, 0.2) is 0 Å². The second kappa shape index (κ2) is 6.09. The van der Waals surface area contributed by atoms with Gasteiger partial charge >= 0.3 is 6.01 Å². The summed E-state index contributed by atoms with van der Waals surface area (Å²) in [5.41, 5.74) is 7.84. The minimum absolute atomic E-state index is 0.198. The largest absolute Gasteiger partial charge is 0.459 e. The first-order valence-corrected chi connectivity index (χ1v) is 6.87. The van der Waals surface area contributed by atoms with Crippen LogP contribution in [0, 0.1) is 0 Å². The van der Waals surface area contributed by atoms with Crippen molar-refractivity contribution in [2.24, 2.45) is 5.73 Å². The molecule has 1 aliphatic rings. The van der Waals surface area contributed by atoms with Gasteiger partial charge in [-0.3, -0.25) is 0 Å². The van der Waals surface area contributed by atoms with E-state index in [0.717, 1.165) is 49.9 Å². The van der Waals surface area contributed by atoms with E-state index in [1.165, 1.54) is 0 Å². The van der Waals surface area contributed by atoms with E-state index in [4.69, 9.17) is 10.5 Å². The van der Waals surface area contributed by atoms with Crippen LogP contribution in [0.4, 0.5) is 0 Å². The summed E-state index contributed by atoms with van der Waals surface area (Å²) >= 11 is 0. The highest BCUT2D eigenvalue weighted by molar-refractivity contribution is 5.12. The fourth-order valence-corrected chi connectivity index (χ4v) is 2.33. The predicted octanol–water partition coefficient (Wildman–Crippen LogP) is 1.65. The molecule has 0 radical (unpaired) electrons. The van der Waals surface area contributed by atoms with Crippen LogP contribution < -0.4 is 10.5 Å². The topological polar surface area (TPSA) is 73.9 Å². The van der Waals surface area contributed by atoms with E-state index in [1.807, 2.05) is 0 Å². The Morgan fingerprint density at radius 1 is 1.06 bits per heavy atom. The van der Waals surface area contributed by atoms with E-state index in [-0.39, 0.29) is 6.10 Å². The van der Waals surface area contributed by atoms with Gasteiger partial charge in [-0.2, -0.15) is 4.98 Å². The smallest absolute Gasteiger partial charge is 0.336 e. The van der Waals surface area contributed by atoms with Crippen LogP contribution in [0.1, 0.15) is 50.9 Å². The maximum atomic E-state index is 5.87. The number of aryl methyl sites for hydroxylation is 2. The van der Waals surface area contributed by atoms with E-state index in [9.17, 15) is 0 Å². The summed E-state index contributed by atoms with van der Waals surface area (Å²) in [6.45, 7) is 4.14. The molecular weight excluding hydrogens is 228 g/mol. The van der Waals surface area contributed by atoms with Gasteiger partial charge in [-0.05, 0) is 38.5 Å². The molecule has 0 atom stereocenters. The zero-order chi connectivity index (χ0) is 13.0. The molecule has 0 bridgehead atoms. The molecule has 0 saturated heterocycles. The second-order valence-electron chi connectivity index (χ2n) is 4.85. The molecule has 18 heavy (non-hydrogen) atoms. The van der Waals surface area contributed by atoms with Gasteiger partial charge in [0.25, 0.3) is 0 Å². The zero-order valence-corrected chi connectivity index (χ0v) is 11.2. The Bertz CT molecular complexity index is 389. The molecule has 2 N–H and O–H groups in total. The first-order valence-electron chi connectivity index (χ1n) is 6.87. The number of aromatic nitrogens is 3. The molecule has 2 rings (SSSR count). The van der Waals surface area contributed by atoms with Crippen LogP contribution in [0.5, 0.6) is 6.01 Å². The first kappa shape index (κ1) is 13.2. The van der Waals surface area contributed by atoms with Crippen molar-refractivity contribution in [1.29, 1.82) is 0 Å². The summed E-state index contributed by atoms with van der Waals surface area (Å²) < 4.78 is 5.81. The van der Waals surface area contributed by atoms with Crippen LogP contribution >= 0.6 is 0 Å². The van der Waals surface area contributed by atoms with Gasteiger partial charge in [0, 0.05) is 6.04 Å². The summed E-state index contributed by atoms with van der Waals surface area (Å²) in [5, 5.41) is 8.24. The fourth-order valence-electron chi connectivity index (χ4n) is 2.33. The fraction of sp³-hybridized carbons (Fsp3) is 0.769. The summed E-state index contributed by atoms with van der Waals surface area (Å²) in [4.78, 5) is 4.45. The Morgan fingerprint density at radius 3 is 2.33 bits per heavy atom. The highest BCUT2D eigenvalue weighted by Crippen LogP contribution is 2.21. The number of nitrogens with zero attached hydrogens (tertiary/aromatic N) is 3. The monoisotopic (exact) mass is 250 g/mol. The van der Waals surface area contributed by atoms with E-state index >= 15 is 0 Å². The van der Waals surface area contributed by atoms with Crippen LogP contribution in [-0.2, 0) is 12.8 Å². The molecule has 0 spiro atoms. The molecule has 0 aliphatic heterocycles. The lowest BCUT2D eigenvalue weighted by molar-refractivity contribution is 0.132. The van der Waals surface area contributed by atoms with Gasteiger partial charge in [0.2, 0.25) is 0 Å². The van der Waals surface area contributed by atoms with E-state index in [1.54, 1.807) is 0 Å². The van der Waals surface area contributed by atoms with Gasteiger partial charge in [-0.1, -0.05) is 18.9 Å². The first-order chi connectivity index (χ1) is 8.72. The van der Waals surface area contributed by atoms with Crippen molar-refractivity contribution in [3.63, 3.8) is 0 Å². The molecule has 1 fully saturated rings. The quantitative estimate of drug-likeness (QED) is 0.879. The molecule has 1 aliphatic carbocycles. The maximum absolute atomic E-state index is 5.87. The highest BCUT2D eigenvalue weighted by atomic mass is 16.5. The van der Waals surface area contributed by atoms with Crippen LogP contribution in [0.15, 0.2) is 0 Å². The molecule has 1 heterocycles. The van der Waals surface area contributed by atoms with Crippen molar-refractivity contribution in [2.75, 3.05) is 0 Å². The molecule has 1 aromatic heterocycles. The Morgan fingerprint density at radius 2 is 1.72 bits per heavy atom. The Balaban J connectivity index is 2.01. The molecule has 0 amide bonds. The van der Waals surface area contributed by atoms with Gasteiger partial charge in [-0.15, -0.1) is 5.10 Å². The normalized spacial score (nSPS) is 23.9. The van der Waals surface area contributed by atoms with E-state index in [2.05, 4.69) is 29.0 Å². The molecule has 0 unspecified atom stereocenters. The van der Waals surface area contributed by atoms with Crippen LogP contribution in [-0.4, -0.2) is 27.3 Å². The van der Waals surface area contributed by atoms with Crippen LogP contribution in [0.25, 0.3) is 0 Å². The molecule has 0 aromatic carbocycles. The third kappa shape index (κ3) is 3.16. The van der Waals surface area contributed by atoms with Crippen LogP contribution in [0.2, 0.25) is 0 Å². The number of ether oxygens (including phenoxy) is 1. The number of nitrogens with two attached hydrogens (primary N) is 1. The van der Waals surface area contributed by atoms with Gasteiger partial charge in [-0.25, -0.2) is 0 Å². The lowest BCUT2D eigenvalue weighted by Crippen LogP contribution is -2.32.